The van der Waals surface area contributed by atoms with E-state index in [4.69, 9.17) is 38.9 Å². The molecule has 8 atom stereocenters. The molecule has 0 aromatic carbocycles. The third kappa shape index (κ3) is 9.03. The van der Waals surface area contributed by atoms with Crippen molar-refractivity contribution in [2.24, 2.45) is 45.3 Å². The first-order valence-corrected chi connectivity index (χ1v) is 27.2. The fourth-order valence-corrected chi connectivity index (χ4v) is 13.8. The van der Waals surface area contributed by atoms with Crippen LogP contribution >= 0.6 is 0 Å². The number of ether oxygens (including phenoxy) is 4. The van der Waals surface area contributed by atoms with Gasteiger partial charge in [-0.05, 0) is 93.9 Å². The number of carbonyl (C=O) groups is 4. The number of fused-ring (bicyclic) bond motifs is 16. The van der Waals surface area contributed by atoms with Gasteiger partial charge in [0.25, 0.3) is 0 Å². The van der Waals surface area contributed by atoms with E-state index in [1.807, 2.05) is 48.6 Å². The van der Waals surface area contributed by atoms with Crippen LogP contribution in [-0.4, -0.2) is 60.3 Å². The Balaban J connectivity index is 0.00000611. The van der Waals surface area contributed by atoms with Crippen LogP contribution in [0.4, 0.5) is 0 Å². The maximum Gasteiger partial charge on any atom is 2.00 e. The number of hydrogen-bond acceptors (Lipinski definition) is 10. The van der Waals surface area contributed by atoms with Gasteiger partial charge >= 0.3 is 40.4 Å². The van der Waals surface area contributed by atoms with E-state index in [9.17, 15) is 19.2 Å². The molecule has 7 heterocycles. The Kier molecular flexibility index (Phi) is 13.6. The van der Waals surface area contributed by atoms with E-state index in [1.165, 1.54) is 0 Å². The van der Waals surface area contributed by atoms with Crippen molar-refractivity contribution in [2.75, 3.05) is 26.4 Å². The SMILES string of the molecule is CC1(C)C2c3c4nc(c(c5ccc([n-]5)c5c6nc(c(c7ccc3[n-]7)C3[C@@H](C(=O)OCCCCCCCCOC(=O)[C@@H]7C5C7(C)C)C3(C)C)C=C6)C3[C@@H](C(=O)OCCCCCCCCOC(=O)[C@H]21)C3(C)C)C=C4.[Ni+2]. The zero-order valence-corrected chi connectivity index (χ0v) is 44.9. The molecule has 4 aliphatic carbocycles. The standard InChI is InChI=1S/C60H72N4O8.Ni/c1-57(2)45-41-33-21-22-34(61-33)42(46-50(58(46,3)4)54(66)70-30-18-14-10-9-13-17-29-69-53(65)49(45)57)39-27-28-40(64-39)44-36-24-23-35(62-36)43(38-26-25-37(41)63-38)47-51(59(47,5)6)55(67)71-31-19-15-11-12-16-20-32-72-56(68)52-48(44)60(52,7)8;/h21-28,45-52H,9-20,29-32H2,1-8H3;/q-2;+2/t45?,46?,47?,48?,49-,50-,51-,52-;/m0./s1. The van der Waals surface area contributed by atoms with Crippen molar-refractivity contribution in [1.29, 1.82) is 0 Å². The number of rotatable bonds is 0. The Labute approximate surface area is 440 Å². The first-order valence-electron chi connectivity index (χ1n) is 27.2. The molecule has 4 unspecified atom stereocenters. The summed E-state index contributed by atoms with van der Waals surface area (Å²) in [6.07, 6.45) is 19.1. The summed E-state index contributed by atoms with van der Waals surface area (Å²) in [5, 5.41) is 0. The molecule has 4 saturated carbocycles. The van der Waals surface area contributed by atoms with Gasteiger partial charge in [0.05, 0.1) is 72.9 Å². The van der Waals surface area contributed by atoms with E-state index >= 15 is 0 Å². The van der Waals surface area contributed by atoms with E-state index in [-0.39, 0.29) is 64.0 Å². The van der Waals surface area contributed by atoms with Gasteiger partial charge < -0.3 is 28.9 Å². The minimum Gasteiger partial charge on any atom is -0.657 e. The second kappa shape index (κ2) is 19.3. The molecular weight excluding hydrogens is 963 g/mol. The summed E-state index contributed by atoms with van der Waals surface area (Å²) in [7, 11) is 0. The summed E-state index contributed by atoms with van der Waals surface area (Å²) in [5.41, 5.74) is 7.16. The minimum absolute atomic E-state index is 0. The first kappa shape index (κ1) is 51.5. The van der Waals surface area contributed by atoms with Crippen molar-refractivity contribution in [1.82, 2.24) is 19.9 Å². The van der Waals surface area contributed by atoms with E-state index in [1.54, 1.807) is 0 Å². The molecule has 0 N–H and O–H groups in total. The number of nitrogens with zero attached hydrogens (tertiary/aromatic N) is 4. The van der Waals surface area contributed by atoms with Crippen molar-refractivity contribution in [3.8, 4) is 0 Å². The quantitative estimate of drug-likeness (QED) is 0.0822. The van der Waals surface area contributed by atoms with Crippen LogP contribution in [0.1, 0.15) is 201 Å². The maximum atomic E-state index is 14.2. The first-order chi connectivity index (χ1) is 34.5. The van der Waals surface area contributed by atoms with Gasteiger partial charge in [-0.2, -0.15) is 0 Å². The van der Waals surface area contributed by atoms with E-state index in [0.717, 1.165) is 99.3 Å². The van der Waals surface area contributed by atoms with Gasteiger partial charge in [0, 0.05) is 23.7 Å². The van der Waals surface area contributed by atoms with Gasteiger partial charge in [0.15, 0.2) is 0 Å². The fraction of sp³-hybridized carbons (Fsp3) is 0.600. The molecule has 3 aromatic heterocycles. The molecule has 390 valence electrons. The Bertz CT molecular complexity index is 2570. The van der Waals surface area contributed by atoms with Gasteiger partial charge in [-0.25, -0.2) is 9.97 Å². The average molecular weight is 1040 g/mol. The zero-order valence-electron chi connectivity index (χ0n) is 43.9. The normalized spacial score (nSPS) is 30.4. The van der Waals surface area contributed by atoms with Crippen molar-refractivity contribution < 1.29 is 54.6 Å². The average Bonchev–Trinajstić information content (AvgIpc) is 3.95. The molecular formula is C60H72N4NiO8. The van der Waals surface area contributed by atoms with Crippen LogP contribution in [0.2, 0.25) is 0 Å². The van der Waals surface area contributed by atoms with Crippen molar-refractivity contribution >= 4 is 70.2 Å². The Morgan fingerprint density at radius 1 is 0.356 bits per heavy atom. The maximum absolute atomic E-state index is 14.2. The van der Waals surface area contributed by atoms with E-state index in [0.29, 0.717) is 71.3 Å². The molecule has 73 heavy (non-hydrogen) atoms. The second-order valence-electron chi connectivity index (χ2n) is 24.5. The van der Waals surface area contributed by atoms with Gasteiger partial charge in [0.1, 0.15) is 0 Å². The topological polar surface area (TPSA) is 159 Å². The van der Waals surface area contributed by atoms with Gasteiger partial charge in [0.2, 0.25) is 0 Å². The van der Waals surface area contributed by atoms with Gasteiger partial charge in [-0.1, -0.05) is 131 Å². The summed E-state index contributed by atoms with van der Waals surface area (Å²) >= 11 is 0. The number of esters is 4. The number of carbonyl (C=O) groups excluding carboxylic acids is 4. The third-order valence-electron chi connectivity index (χ3n) is 18.4. The van der Waals surface area contributed by atoms with Gasteiger partial charge in [-0.15, -0.1) is 22.1 Å². The second-order valence-corrected chi connectivity index (χ2v) is 24.5. The van der Waals surface area contributed by atoms with E-state index < -0.39 is 45.3 Å². The van der Waals surface area contributed by atoms with Crippen molar-refractivity contribution in [3.05, 3.63) is 69.3 Å². The molecule has 0 spiro atoms. The minimum atomic E-state index is -0.461. The van der Waals surface area contributed by atoms with Crippen LogP contribution < -0.4 is 9.97 Å². The van der Waals surface area contributed by atoms with Crippen LogP contribution in [0.3, 0.4) is 0 Å². The predicted molar refractivity (Wildman–Crippen MR) is 276 cm³/mol. The van der Waals surface area contributed by atoms with Crippen molar-refractivity contribution in [2.45, 2.75) is 156 Å². The number of cyclic esters (lactones) is 4. The van der Waals surface area contributed by atoms with Gasteiger partial charge in [-0.3, -0.25) is 19.2 Å². The summed E-state index contributed by atoms with van der Waals surface area (Å²) in [6, 6.07) is 8.11. The van der Waals surface area contributed by atoms with Crippen LogP contribution in [0, 0.1) is 45.3 Å². The zero-order chi connectivity index (χ0) is 50.5. The Hall–Kier alpha value is -5.03. The summed E-state index contributed by atoms with van der Waals surface area (Å²) < 4.78 is 24.2. The van der Waals surface area contributed by atoms with Crippen LogP contribution in [-0.2, 0) is 54.6 Å². The molecule has 13 heteroatoms. The summed E-state index contributed by atoms with van der Waals surface area (Å²) in [4.78, 5) is 78.7. The summed E-state index contributed by atoms with van der Waals surface area (Å²) in [6.45, 7) is 18.5. The van der Waals surface area contributed by atoms with Crippen LogP contribution in [0.5, 0.6) is 0 Å². The molecule has 0 saturated heterocycles. The van der Waals surface area contributed by atoms with Crippen LogP contribution in [0.25, 0.3) is 46.4 Å². The van der Waals surface area contributed by atoms with E-state index in [2.05, 4.69) is 55.4 Å². The fourth-order valence-electron chi connectivity index (χ4n) is 13.8. The molecule has 4 fully saturated rings. The van der Waals surface area contributed by atoms with Crippen molar-refractivity contribution in [3.63, 3.8) is 0 Å². The predicted octanol–water partition coefficient (Wildman–Crippen LogP) is 11.8. The molecule has 3 aromatic rings. The largest absolute Gasteiger partial charge is 2.00 e. The van der Waals surface area contributed by atoms with Crippen LogP contribution in [0.15, 0.2) is 24.3 Å². The molecule has 11 rings (SSSR count). The molecule has 0 radical (unpaired) electrons. The molecule has 4 aliphatic heterocycles. The molecule has 8 aliphatic rings. The Morgan fingerprint density at radius 2 is 0.562 bits per heavy atom. The molecule has 12 nitrogen and oxygen atoms in total. The number of hydrogen-bond donors (Lipinski definition) is 0. The third-order valence-corrected chi connectivity index (χ3v) is 18.4. The number of aromatic nitrogens is 4. The molecule has 0 amide bonds. The summed E-state index contributed by atoms with van der Waals surface area (Å²) in [5.74, 6) is -3.51. The molecule has 12 bridgehead atoms. The Morgan fingerprint density at radius 3 is 0.781 bits per heavy atom. The monoisotopic (exact) mass is 1030 g/mol. The smallest absolute Gasteiger partial charge is 0.657 e.